The number of nitrogens with zero attached hydrogens (tertiary/aromatic N) is 2. The first kappa shape index (κ1) is 18.4. The van der Waals surface area contributed by atoms with E-state index in [-0.39, 0.29) is 28.9 Å². The number of Topliss-reactive ketones (excluding diaryl/α,β-unsaturated/α-hetero) is 1. The van der Waals surface area contributed by atoms with Crippen LogP contribution in [0, 0.1) is 23.0 Å². The number of ketones is 1. The number of thiazole rings is 1. The molecular weight excluding hydrogens is 380 g/mol. The van der Waals surface area contributed by atoms with Crippen molar-refractivity contribution < 1.29 is 13.6 Å². The number of hydrogen-bond acceptors (Lipinski definition) is 5. The zero-order valence-electron chi connectivity index (χ0n) is 14.8. The fourth-order valence-corrected chi connectivity index (χ4v) is 4.35. The maximum Gasteiger partial charge on any atom is 0.195 e. The highest BCUT2D eigenvalue weighted by molar-refractivity contribution is 7.13. The maximum atomic E-state index is 14.2. The van der Waals surface area contributed by atoms with Crippen molar-refractivity contribution in [2.45, 2.75) is 19.4 Å². The Morgan fingerprint density at radius 2 is 1.96 bits per heavy atom. The van der Waals surface area contributed by atoms with Gasteiger partial charge in [-0.15, -0.1) is 11.3 Å². The number of halogens is 2. The number of rotatable bonds is 4. The summed E-state index contributed by atoms with van der Waals surface area (Å²) in [5, 5.41) is 13.3. The summed E-state index contributed by atoms with van der Waals surface area (Å²) in [5.74, 6) is -1.71. The van der Waals surface area contributed by atoms with Crippen LogP contribution in [0.3, 0.4) is 0 Å². The van der Waals surface area contributed by atoms with Crippen LogP contribution < -0.4 is 5.32 Å². The molecule has 0 amide bonds. The van der Waals surface area contributed by atoms with Gasteiger partial charge in [0.25, 0.3) is 0 Å². The first-order valence-electron chi connectivity index (χ1n) is 8.77. The summed E-state index contributed by atoms with van der Waals surface area (Å²) in [5.41, 5.74) is 1.35. The predicted molar refractivity (Wildman–Crippen MR) is 102 cm³/mol. The number of fused-ring (bicyclic) bond motifs is 1. The van der Waals surface area contributed by atoms with Crippen molar-refractivity contribution in [3.05, 3.63) is 74.7 Å². The van der Waals surface area contributed by atoms with Crippen LogP contribution in [0.1, 0.15) is 31.5 Å². The van der Waals surface area contributed by atoms with E-state index in [0.717, 1.165) is 35.7 Å². The fourth-order valence-electron chi connectivity index (χ4n) is 3.34. The molecule has 1 N–H and O–H groups in total. The number of carbonyl (C=O) groups excluding carboxylic acids is 1. The molecule has 1 aliphatic rings. The van der Waals surface area contributed by atoms with Gasteiger partial charge in [0.1, 0.15) is 17.7 Å². The maximum absolute atomic E-state index is 14.2. The number of nitriles is 1. The van der Waals surface area contributed by atoms with Crippen LogP contribution >= 0.6 is 11.3 Å². The molecule has 28 heavy (non-hydrogen) atoms. The summed E-state index contributed by atoms with van der Waals surface area (Å²) >= 11 is 1.36. The molecule has 0 unspecified atom stereocenters. The Morgan fingerprint density at radius 3 is 2.68 bits per heavy atom. The Morgan fingerprint density at radius 1 is 1.21 bits per heavy atom. The molecule has 2 heterocycles. The van der Waals surface area contributed by atoms with Gasteiger partial charge in [-0.2, -0.15) is 5.26 Å². The van der Waals surface area contributed by atoms with Gasteiger partial charge in [-0.1, -0.05) is 24.3 Å². The average Bonchev–Trinajstić information content (AvgIpc) is 3.12. The molecule has 2 aromatic carbocycles. The second-order valence-corrected chi connectivity index (χ2v) is 7.55. The first-order chi connectivity index (χ1) is 13.6. The molecule has 0 spiro atoms. The summed E-state index contributed by atoms with van der Waals surface area (Å²) in [6, 6.07) is 10.3. The third-order valence-corrected chi connectivity index (χ3v) is 5.83. The SMILES string of the molecule is N#Cc1c(CC(=O)c2nc3c(s2)CNCC3)cccc1-c1c(F)cccc1F. The van der Waals surface area contributed by atoms with Crippen molar-refractivity contribution in [1.29, 1.82) is 5.26 Å². The molecule has 3 aromatic rings. The van der Waals surface area contributed by atoms with E-state index in [4.69, 9.17) is 0 Å². The topological polar surface area (TPSA) is 65.8 Å². The molecule has 1 aliphatic heterocycles. The van der Waals surface area contributed by atoms with Crippen LogP contribution in [0.2, 0.25) is 0 Å². The Kier molecular flexibility index (Phi) is 4.99. The highest BCUT2D eigenvalue weighted by atomic mass is 32.1. The molecule has 7 heteroatoms. The summed E-state index contributed by atoms with van der Waals surface area (Å²) in [7, 11) is 0. The van der Waals surface area contributed by atoms with Crippen molar-refractivity contribution in [3.8, 4) is 17.2 Å². The molecule has 4 rings (SSSR count). The van der Waals surface area contributed by atoms with Crippen LogP contribution in [0.15, 0.2) is 36.4 Å². The van der Waals surface area contributed by atoms with Gasteiger partial charge in [-0.25, -0.2) is 13.8 Å². The quantitative estimate of drug-likeness (QED) is 0.678. The molecule has 140 valence electrons. The van der Waals surface area contributed by atoms with Gasteiger partial charge in [-0.05, 0) is 17.7 Å². The van der Waals surface area contributed by atoms with Crippen molar-refractivity contribution in [2.75, 3.05) is 6.54 Å². The van der Waals surface area contributed by atoms with E-state index in [1.165, 1.54) is 23.5 Å². The largest absolute Gasteiger partial charge is 0.311 e. The van der Waals surface area contributed by atoms with Gasteiger partial charge in [0.2, 0.25) is 0 Å². The smallest absolute Gasteiger partial charge is 0.195 e. The Bertz CT molecular complexity index is 1070. The molecule has 0 bridgehead atoms. The van der Waals surface area contributed by atoms with E-state index in [2.05, 4.69) is 10.3 Å². The second-order valence-electron chi connectivity index (χ2n) is 6.46. The number of carbonyl (C=O) groups is 1. The second kappa shape index (κ2) is 7.58. The zero-order valence-corrected chi connectivity index (χ0v) is 15.6. The zero-order chi connectivity index (χ0) is 19.7. The summed E-state index contributed by atoms with van der Waals surface area (Å²) < 4.78 is 28.4. The lowest BCUT2D eigenvalue weighted by molar-refractivity contribution is 0.0992. The van der Waals surface area contributed by atoms with Crippen LogP contribution in [0.4, 0.5) is 8.78 Å². The van der Waals surface area contributed by atoms with E-state index in [0.29, 0.717) is 17.1 Å². The highest BCUT2D eigenvalue weighted by Crippen LogP contribution is 2.31. The lowest BCUT2D eigenvalue weighted by atomic mass is 9.93. The molecule has 0 radical (unpaired) electrons. The minimum absolute atomic E-state index is 0.0490. The summed E-state index contributed by atoms with van der Waals surface area (Å²) in [6.07, 6.45) is 0.733. The van der Waals surface area contributed by atoms with Crippen LogP contribution in [-0.4, -0.2) is 17.3 Å². The molecule has 0 fully saturated rings. The van der Waals surface area contributed by atoms with Crippen molar-refractivity contribution in [2.24, 2.45) is 0 Å². The third-order valence-electron chi connectivity index (χ3n) is 4.69. The van der Waals surface area contributed by atoms with Gasteiger partial charge >= 0.3 is 0 Å². The van der Waals surface area contributed by atoms with Gasteiger partial charge < -0.3 is 5.32 Å². The molecule has 0 saturated heterocycles. The number of aromatic nitrogens is 1. The minimum Gasteiger partial charge on any atom is -0.311 e. The van der Waals surface area contributed by atoms with Crippen LogP contribution in [-0.2, 0) is 19.4 Å². The Balaban J connectivity index is 1.70. The van der Waals surface area contributed by atoms with E-state index < -0.39 is 11.6 Å². The van der Waals surface area contributed by atoms with Crippen molar-refractivity contribution in [3.63, 3.8) is 0 Å². The summed E-state index contributed by atoms with van der Waals surface area (Å²) in [6.45, 7) is 1.53. The molecule has 4 nitrogen and oxygen atoms in total. The van der Waals surface area contributed by atoms with Gasteiger partial charge in [0.05, 0.1) is 16.8 Å². The van der Waals surface area contributed by atoms with E-state index in [1.54, 1.807) is 12.1 Å². The van der Waals surface area contributed by atoms with E-state index in [9.17, 15) is 18.8 Å². The molecule has 1 aromatic heterocycles. The predicted octanol–water partition coefficient (Wildman–Crippen LogP) is 4.03. The fraction of sp³-hybridized carbons (Fsp3) is 0.190. The van der Waals surface area contributed by atoms with Crippen LogP contribution in [0.5, 0.6) is 0 Å². The molecule has 0 atom stereocenters. The Labute approximate surface area is 164 Å². The standard InChI is InChI=1S/C21H15F2N3OS/c22-15-5-2-6-16(23)20(15)13-4-1-3-12(14(13)10-24)9-18(27)21-26-17-7-8-25-11-19(17)28-21/h1-6,25H,7-9,11H2. The van der Waals surface area contributed by atoms with Crippen molar-refractivity contribution >= 4 is 17.1 Å². The van der Waals surface area contributed by atoms with E-state index in [1.807, 2.05) is 6.07 Å². The number of hydrogen-bond donors (Lipinski definition) is 1. The normalized spacial score (nSPS) is 13.0. The van der Waals surface area contributed by atoms with Crippen molar-refractivity contribution in [1.82, 2.24) is 10.3 Å². The number of nitrogens with one attached hydrogen (secondary N) is 1. The third kappa shape index (κ3) is 3.33. The lowest BCUT2D eigenvalue weighted by Crippen LogP contribution is -2.22. The first-order valence-corrected chi connectivity index (χ1v) is 9.59. The molecular formula is C21H15F2N3OS. The lowest BCUT2D eigenvalue weighted by Gasteiger charge is -2.10. The Hall–Kier alpha value is -2.95. The highest BCUT2D eigenvalue weighted by Gasteiger charge is 2.22. The van der Waals surface area contributed by atoms with Crippen LogP contribution in [0.25, 0.3) is 11.1 Å². The van der Waals surface area contributed by atoms with Gasteiger partial charge in [0.15, 0.2) is 10.8 Å². The molecule has 0 saturated carbocycles. The average molecular weight is 395 g/mol. The monoisotopic (exact) mass is 395 g/mol. The number of benzene rings is 2. The molecule has 0 aliphatic carbocycles. The van der Waals surface area contributed by atoms with Gasteiger partial charge in [0, 0.05) is 36.4 Å². The minimum atomic E-state index is -0.750. The summed E-state index contributed by atoms with van der Waals surface area (Å²) in [4.78, 5) is 18.2. The van der Waals surface area contributed by atoms with E-state index >= 15 is 0 Å². The van der Waals surface area contributed by atoms with Gasteiger partial charge in [-0.3, -0.25) is 4.79 Å².